The number of hydrogen-bond acceptors (Lipinski definition) is 4. The van der Waals surface area contributed by atoms with Gasteiger partial charge in [-0.1, -0.05) is 6.07 Å². The maximum Gasteiger partial charge on any atom is 0.221 e. The number of aromatic nitrogens is 1. The van der Waals surface area contributed by atoms with Crippen molar-refractivity contribution in [2.45, 2.75) is 13.3 Å². The first-order chi connectivity index (χ1) is 9.74. The Balaban J connectivity index is 2.11. The number of amides is 1. The van der Waals surface area contributed by atoms with Gasteiger partial charge in [-0.05, 0) is 30.5 Å². The van der Waals surface area contributed by atoms with Crippen molar-refractivity contribution in [2.75, 3.05) is 25.5 Å². The summed E-state index contributed by atoms with van der Waals surface area (Å²) in [6.07, 6.45) is 2.18. The molecular weight excluding hydrogens is 254 g/mol. The van der Waals surface area contributed by atoms with Gasteiger partial charge in [0.2, 0.25) is 5.91 Å². The molecule has 106 valence electrons. The third-order valence-electron chi connectivity index (χ3n) is 2.99. The Morgan fingerprint density at radius 3 is 2.95 bits per heavy atom. The molecule has 2 aromatic rings. The number of anilines is 1. The van der Waals surface area contributed by atoms with E-state index in [-0.39, 0.29) is 5.91 Å². The predicted octanol–water partition coefficient (Wildman–Crippen LogP) is 2.18. The van der Waals surface area contributed by atoms with Crippen LogP contribution in [0.25, 0.3) is 10.8 Å². The zero-order valence-electron chi connectivity index (χ0n) is 11.8. The van der Waals surface area contributed by atoms with Crippen molar-refractivity contribution in [1.29, 1.82) is 0 Å². The number of fused-ring (bicyclic) bond motifs is 1. The van der Waals surface area contributed by atoms with Crippen LogP contribution in [-0.4, -0.2) is 31.1 Å². The molecular formula is C15H19N3O2. The summed E-state index contributed by atoms with van der Waals surface area (Å²) in [6, 6.07) is 7.80. The van der Waals surface area contributed by atoms with Crippen LogP contribution in [0.2, 0.25) is 0 Å². The second-order valence-corrected chi connectivity index (χ2v) is 4.38. The molecule has 0 saturated carbocycles. The standard InChI is InChI=1S/C15H19N3O2/c1-3-16-14(19)7-9-18-15-13-10-12(20-2)5-4-11(13)6-8-17-15/h4-6,8,10H,3,7,9H2,1-2H3,(H,16,19)(H,17,18). The maximum absolute atomic E-state index is 11.4. The van der Waals surface area contributed by atoms with Crippen LogP contribution in [0, 0.1) is 0 Å². The first-order valence-electron chi connectivity index (χ1n) is 6.68. The zero-order chi connectivity index (χ0) is 14.4. The lowest BCUT2D eigenvalue weighted by Gasteiger charge is -2.09. The van der Waals surface area contributed by atoms with Crippen molar-refractivity contribution in [3.05, 3.63) is 30.5 Å². The Bertz CT molecular complexity index is 599. The SMILES string of the molecule is CCNC(=O)CCNc1nccc2ccc(OC)cc12. The van der Waals surface area contributed by atoms with Gasteiger partial charge < -0.3 is 15.4 Å². The number of rotatable bonds is 6. The molecule has 20 heavy (non-hydrogen) atoms. The monoisotopic (exact) mass is 273 g/mol. The van der Waals surface area contributed by atoms with Gasteiger partial charge in [-0.2, -0.15) is 0 Å². The molecule has 5 nitrogen and oxygen atoms in total. The Kier molecular flexibility index (Phi) is 4.76. The molecule has 0 radical (unpaired) electrons. The lowest BCUT2D eigenvalue weighted by Crippen LogP contribution is -2.24. The fourth-order valence-corrected chi connectivity index (χ4v) is 2.00. The number of benzene rings is 1. The van der Waals surface area contributed by atoms with E-state index in [0.29, 0.717) is 19.5 Å². The summed E-state index contributed by atoms with van der Waals surface area (Å²) in [5.74, 6) is 1.60. The molecule has 1 heterocycles. The summed E-state index contributed by atoms with van der Waals surface area (Å²) in [7, 11) is 1.64. The van der Waals surface area contributed by atoms with Crippen molar-refractivity contribution in [3.8, 4) is 5.75 Å². The fourth-order valence-electron chi connectivity index (χ4n) is 2.00. The van der Waals surface area contributed by atoms with Crippen LogP contribution in [0.5, 0.6) is 5.75 Å². The second kappa shape index (κ2) is 6.75. The molecule has 0 bridgehead atoms. The molecule has 0 aliphatic heterocycles. The van der Waals surface area contributed by atoms with E-state index in [1.807, 2.05) is 31.2 Å². The van der Waals surface area contributed by atoms with Gasteiger partial charge in [0.15, 0.2) is 0 Å². The van der Waals surface area contributed by atoms with Crippen molar-refractivity contribution >= 4 is 22.5 Å². The first kappa shape index (κ1) is 14.1. The highest BCUT2D eigenvalue weighted by molar-refractivity contribution is 5.92. The maximum atomic E-state index is 11.4. The minimum atomic E-state index is 0.0396. The fraction of sp³-hybridized carbons (Fsp3) is 0.333. The predicted molar refractivity (Wildman–Crippen MR) is 80.1 cm³/mol. The quantitative estimate of drug-likeness (QED) is 0.846. The van der Waals surface area contributed by atoms with E-state index in [4.69, 9.17) is 4.74 Å². The third kappa shape index (κ3) is 3.38. The van der Waals surface area contributed by atoms with Crippen molar-refractivity contribution in [1.82, 2.24) is 10.3 Å². The van der Waals surface area contributed by atoms with E-state index in [2.05, 4.69) is 15.6 Å². The molecule has 1 aromatic carbocycles. The van der Waals surface area contributed by atoms with E-state index in [1.54, 1.807) is 13.3 Å². The van der Waals surface area contributed by atoms with Crippen molar-refractivity contribution < 1.29 is 9.53 Å². The molecule has 0 saturated heterocycles. The molecule has 0 fully saturated rings. The number of nitrogens with one attached hydrogen (secondary N) is 2. The van der Waals surface area contributed by atoms with Gasteiger partial charge in [0.1, 0.15) is 11.6 Å². The van der Waals surface area contributed by atoms with Gasteiger partial charge in [-0.25, -0.2) is 4.98 Å². The molecule has 0 atom stereocenters. The van der Waals surface area contributed by atoms with E-state index >= 15 is 0 Å². The summed E-state index contributed by atoms with van der Waals surface area (Å²) >= 11 is 0. The van der Waals surface area contributed by atoms with Crippen LogP contribution in [-0.2, 0) is 4.79 Å². The molecule has 1 aromatic heterocycles. The van der Waals surface area contributed by atoms with Crippen LogP contribution < -0.4 is 15.4 Å². The number of pyridine rings is 1. The highest BCUT2D eigenvalue weighted by Gasteiger charge is 2.05. The molecule has 0 aliphatic rings. The van der Waals surface area contributed by atoms with E-state index in [9.17, 15) is 4.79 Å². The Morgan fingerprint density at radius 1 is 1.35 bits per heavy atom. The van der Waals surface area contributed by atoms with Crippen LogP contribution >= 0.6 is 0 Å². The van der Waals surface area contributed by atoms with Crippen molar-refractivity contribution in [2.24, 2.45) is 0 Å². The Hall–Kier alpha value is -2.30. The van der Waals surface area contributed by atoms with Crippen molar-refractivity contribution in [3.63, 3.8) is 0 Å². The molecule has 2 N–H and O–H groups in total. The van der Waals surface area contributed by atoms with Crippen LogP contribution in [0.3, 0.4) is 0 Å². The number of carbonyl (C=O) groups is 1. The van der Waals surface area contributed by atoms with E-state index in [0.717, 1.165) is 22.3 Å². The summed E-state index contributed by atoms with van der Waals surface area (Å²) in [4.78, 5) is 15.7. The van der Waals surface area contributed by atoms with Gasteiger partial charge >= 0.3 is 0 Å². The summed E-state index contributed by atoms with van der Waals surface area (Å²) < 4.78 is 5.23. The Labute approximate surface area is 118 Å². The number of methoxy groups -OCH3 is 1. The Morgan fingerprint density at radius 2 is 2.20 bits per heavy atom. The van der Waals surface area contributed by atoms with Gasteiger partial charge in [0, 0.05) is 31.1 Å². The van der Waals surface area contributed by atoms with Gasteiger partial charge in [0.05, 0.1) is 7.11 Å². The average molecular weight is 273 g/mol. The second-order valence-electron chi connectivity index (χ2n) is 4.38. The number of carbonyl (C=O) groups excluding carboxylic acids is 1. The lowest BCUT2D eigenvalue weighted by molar-refractivity contribution is -0.120. The molecule has 5 heteroatoms. The summed E-state index contributed by atoms with van der Waals surface area (Å²) in [5.41, 5.74) is 0. The highest BCUT2D eigenvalue weighted by Crippen LogP contribution is 2.25. The minimum Gasteiger partial charge on any atom is -0.497 e. The number of ether oxygens (including phenoxy) is 1. The number of hydrogen-bond donors (Lipinski definition) is 2. The third-order valence-corrected chi connectivity index (χ3v) is 2.99. The molecule has 0 spiro atoms. The van der Waals surface area contributed by atoms with Crippen LogP contribution in [0.4, 0.5) is 5.82 Å². The topological polar surface area (TPSA) is 63.2 Å². The first-order valence-corrected chi connectivity index (χ1v) is 6.68. The summed E-state index contributed by atoms with van der Waals surface area (Å²) in [6.45, 7) is 3.11. The zero-order valence-corrected chi connectivity index (χ0v) is 11.8. The minimum absolute atomic E-state index is 0.0396. The lowest BCUT2D eigenvalue weighted by atomic mass is 10.1. The van der Waals surface area contributed by atoms with E-state index in [1.165, 1.54) is 0 Å². The highest BCUT2D eigenvalue weighted by atomic mass is 16.5. The smallest absolute Gasteiger partial charge is 0.221 e. The number of nitrogens with zero attached hydrogens (tertiary/aromatic N) is 1. The molecule has 2 rings (SSSR count). The van der Waals surface area contributed by atoms with Gasteiger partial charge in [0.25, 0.3) is 0 Å². The molecule has 0 aliphatic carbocycles. The normalized spacial score (nSPS) is 10.3. The summed E-state index contributed by atoms with van der Waals surface area (Å²) in [5, 5.41) is 8.04. The molecule has 1 amide bonds. The van der Waals surface area contributed by atoms with Gasteiger partial charge in [-0.3, -0.25) is 4.79 Å². The average Bonchev–Trinajstić information content (AvgIpc) is 2.47. The molecule has 0 unspecified atom stereocenters. The van der Waals surface area contributed by atoms with Crippen LogP contribution in [0.1, 0.15) is 13.3 Å². The van der Waals surface area contributed by atoms with Gasteiger partial charge in [-0.15, -0.1) is 0 Å². The van der Waals surface area contributed by atoms with E-state index < -0.39 is 0 Å². The largest absolute Gasteiger partial charge is 0.497 e. The van der Waals surface area contributed by atoms with Crippen LogP contribution in [0.15, 0.2) is 30.5 Å².